The Labute approximate surface area is 92.2 Å². The molecule has 2 N–H and O–H groups in total. The van der Waals surface area contributed by atoms with Gasteiger partial charge in [-0.2, -0.15) is 0 Å². The second-order valence-electron chi connectivity index (χ2n) is 2.54. The van der Waals surface area contributed by atoms with E-state index in [1.165, 1.54) is 0 Å². The largest absolute Gasteiger partial charge is 0.273 e. The fraction of sp³-hybridized carbons (Fsp3) is 0. The lowest BCUT2D eigenvalue weighted by Crippen LogP contribution is -2.13. The Morgan fingerprint density at radius 1 is 1.47 bits per heavy atom. The van der Waals surface area contributed by atoms with E-state index in [2.05, 4.69) is 15.9 Å². The van der Waals surface area contributed by atoms with E-state index in [-0.39, 0.29) is 0 Å². The maximum atomic E-state index is 13.1. The fourth-order valence-electron chi connectivity index (χ4n) is 0.863. The van der Waals surface area contributed by atoms with Gasteiger partial charge in [-0.25, -0.2) is 17.9 Å². The molecule has 82 valence electrons. The maximum absolute atomic E-state index is 13.1. The van der Waals surface area contributed by atoms with Crippen molar-refractivity contribution in [1.29, 1.82) is 0 Å². The second kappa shape index (κ2) is 3.83. The number of rotatable bonds is 2. The van der Waals surface area contributed by atoms with Crippen LogP contribution in [0.4, 0.5) is 10.1 Å². The topological polar surface area (TPSA) is 103 Å². The Hall–Kier alpha value is -1.06. The highest BCUT2D eigenvalue weighted by Crippen LogP contribution is 2.28. The Morgan fingerprint density at radius 2 is 2.00 bits per heavy atom. The molecule has 0 unspecified atom stereocenters. The number of halogens is 2. The Morgan fingerprint density at radius 3 is 2.40 bits per heavy atom. The molecule has 0 atom stereocenters. The number of nitrogens with zero attached hydrogens (tertiary/aromatic N) is 1. The van der Waals surface area contributed by atoms with Crippen molar-refractivity contribution in [1.82, 2.24) is 0 Å². The molecule has 1 aromatic rings. The summed E-state index contributed by atoms with van der Waals surface area (Å²) >= 11 is 2.64. The summed E-state index contributed by atoms with van der Waals surface area (Å²) in [6.07, 6.45) is 0. The molecule has 0 amide bonds. The van der Waals surface area contributed by atoms with E-state index in [0.29, 0.717) is 12.1 Å². The van der Waals surface area contributed by atoms with Crippen molar-refractivity contribution in [2.24, 2.45) is 5.14 Å². The summed E-state index contributed by atoms with van der Waals surface area (Å²) in [7, 11) is -4.20. The van der Waals surface area contributed by atoms with Crippen molar-refractivity contribution in [3.8, 4) is 0 Å². The number of nitrogens with two attached hydrogens (primary N) is 1. The van der Waals surface area contributed by atoms with Crippen LogP contribution in [0.25, 0.3) is 0 Å². The molecule has 0 aliphatic heterocycles. The SMILES string of the molecule is NS(=O)(=O)c1cc([N+](=O)[O-])cc(F)c1Br. The van der Waals surface area contributed by atoms with Gasteiger partial charge in [-0.1, -0.05) is 0 Å². The summed E-state index contributed by atoms with van der Waals surface area (Å²) < 4.78 is 34.5. The summed E-state index contributed by atoms with van der Waals surface area (Å²) in [5.41, 5.74) is -0.681. The van der Waals surface area contributed by atoms with E-state index in [0.717, 1.165) is 0 Å². The highest BCUT2D eigenvalue weighted by Gasteiger charge is 2.21. The van der Waals surface area contributed by atoms with Gasteiger partial charge < -0.3 is 0 Å². The number of hydrogen-bond donors (Lipinski definition) is 1. The molecule has 0 aliphatic rings. The van der Waals surface area contributed by atoms with E-state index in [9.17, 15) is 22.9 Å². The zero-order valence-electron chi connectivity index (χ0n) is 6.98. The third kappa shape index (κ3) is 2.49. The lowest BCUT2D eigenvalue weighted by molar-refractivity contribution is -0.385. The molecule has 0 aliphatic carbocycles. The van der Waals surface area contributed by atoms with Gasteiger partial charge in [-0.3, -0.25) is 10.1 Å². The van der Waals surface area contributed by atoms with Gasteiger partial charge in [0.15, 0.2) is 0 Å². The van der Waals surface area contributed by atoms with Gasteiger partial charge in [0.2, 0.25) is 10.0 Å². The fourth-order valence-corrected chi connectivity index (χ4v) is 2.40. The van der Waals surface area contributed by atoms with Crippen molar-refractivity contribution in [3.05, 3.63) is 32.5 Å². The minimum atomic E-state index is -4.20. The predicted octanol–water partition coefficient (Wildman–Crippen LogP) is 1.14. The molecule has 0 fully saturated rings. The van der Waals surface area contributed by atoms with Crippen molar-refractivity contribution in [3.63, 3.8) is 0 Å². The molecule has 0 radical (unpaired) electrons. The highest BCUT2D eigenvalue weighted by atomic mass is 79.9. The first-order chi connectivity index (χ1) is 6.73. The van der Waals surface area contributed by atoms with Crippen LogP contribution in [0.2, 0.25) is 0 Å². The minimum Gasteiger partial charge on any atom is -0.258 e. The predicted molar refractivity (Wildman–Crippen MR) is 52.1 cm³/mol. The van der Waals surface area contributed by atoms with Crippen LogP contribution in [-0.4, -0.2) is 13.3 Å². The molecule has 9 heteroatoms. The van der Waals surface area contributed by atoms with Gasteiger partial charge in [-0.05, 0) is 15.9 Å². The van der Waals surface area contributed by atoms with Gasteiger partial charge in [0.25, 0.3) is 5.69 Å². The molecule has 0 heterocycles. The van der Waals surface area contributed by atoms with E-state index >= 15 is 0 Å². The van der Waals surface area contributed by atoms with Crippen LogP contribution in [0.15, 0.2) is 21.5 Å². The van der Waals surface area contributed by atoms with Gasteiger partial charge in [0.1, 0.15) is 10.7 Å². The number of non-ortho nitro benzene ring substituents is 1. The molecule has 15 heavy (non-hydrogen) atoms. The number of nitro benzene ring substituents is 1. The smallest absolute Gasteiger partial charge is 0.258 e. The number of benzene rings is 1. The van der Waals surface area contributed by atoms with Crippen molar-refractivity contribution in [2.75, 3.05) is 0 Å². The summed E-state index contributed by atoms with van der Waals surface area (Å²) in [5.74, 6) is -1.06. The van der Waals surface area contributed by atoms with Gasteiger partial charge >= 0.3 is 0 Å². The summed E-state index contributed by atoms with van der Waals surface area (Å²) in [4.78, 5) is 8.76. The average molecular weight is 299 g/mol. The normalized spacial score (nSPS) is 11.4. The van der Waals surface area contributed by atoms with Crippen LogP contribution in [0.5, 0.6) is 0 Å². The molecular formula is C6H4BrFN2O4S. The first kappa shape index (κ1) is 12.0. The van der Waals surface area contributed by atoms with E-state index in [4.69, 9.17) is 5.14 Å². The van der Waals surface area contributed by atoms with Crippen molar-refractivity contribution in [2.45, 2.75) is 4.90 Å². The quantitative estimate of drug-likeness (QED) is 0.653. The van der Waals surface area contributed by atoms with E-state index in [1.54, 1.807) is 0 Å². The van der Waals surface area contributed by atoms with Gasteiger partial charge in [0.05, 0.1) is 15.5 Å². The zero-order valence-corrected chi connectivity index (χ0v) is 9.38. The Bertz CT molecular complexity index is 530. The summed E-state index contributed by atoms with van der Waals surface area (Å²) in [5, 5.41) is 15.1. The van der Waals surface area contributed by atoms with Crippen LogP contribution in [0.3, 0.4) is 0 Å². The lowest BCUT2D eigenvalue weighted by Gasteiger charge is -2.02. The van der Waals surface area contributed by atoms with Crippen LogP contribution in [-0.2, 0) is 10.0 Å². The molecular weight excluding hydrogens is 295 g/mol. The summed E-state index contributed by atoms with van der Waals surface area (Å²) in [6, 6.07) is 1.28. The second-order valence-corrected chi connectivity index (χ2v) is 4.86. The third-order valence-electron chi connectivity index (χ3n) is 1.50. The van der Waals surface area contributed by atoms with Crippen LogP contribution in [0, 0.1) is 15.9 Å². The van der Waals surface area contributed by atoms with Crippen LogP contribution < -0.4 is 5.14 Å². The van der Waals surface area contributed by atoms with E-state index < -0.39 is 35.8 Å². The molecule has 1 rings (SSSR count). The molecule has 0 saturated carbocycles. The van der Waals surface area contributed by atoms with E-state index in [1.807, 2.05) is 0 Å². The Balaban J connectivity index is 3.59. The molecule has 0 aromatic heterocycles. The zero-order chi connectivity index (χ0) is 11.8. The number of nitro groups is 1. The third-order valence-corrected chi connectivity index (χ3v) is 3.50. The molecule has 6 nitrogen and oxygen atoms in total. The lowest BCUT2D eigenvalue weighted by atomic mass is 10.3. The minimum absolute atomic E-state index is 0.421. The number of hydrogen-bond acceptors (Lipinski definition) is 4. The van der Waals surface area contributed by atoms with Crippen molar-refractivity contribution >= 4 is 31.6 Å². The first-order valence-corrected chi connectivity index (χ1v) is 5.73. The van der Waals surface area contributed by atoms with Crippen molar-refractivity contribution < 1.29 is 17.7 Å². The Kier molecular flexibility index (Phi) is 3.07. The molecule has 1 aromatic carbocycles. The van der Waals surface area contributed by atoms with Gasteiger partial charge in [0, 0.05) is 6.07 Å². The van der Waals surface area contributed by atoms with Crippen LogP contribution in [0.1, 0.15) is 0 Å². The maximum Gasteiger partial charge on any atom is 0.273 e. The highest BCUT2D eigenvalue weighted by molar-refractivity contribution is 9.10. The average Bonchev–Trinajstić information content (AvgIpc) is 2.06. The number of primary sulfonamides is 1. The standard InChI is InChI=1S/C6H4BrFN2O4S/c7-6-4(8)1-3(10(11)12)2-5(6)15(9,13)14/h1-2H,(H2,9,13,14). The first-order valence-electron chi connectivity index (χ1n) is 3.39. The van der Waals surface area contributed by atoms with Crippen LogP contribution >= 0.6 is 15.9 Å². The molecule has 0 spiro atoms. The summed E-state index contributed by atoms with van der Waals surface area (Å²) in [6.45, 7) is 0. The number of sulfonamides is 1. The van der Waals surface area contributed by atoms with Gasteiger partial charge in [-0.15, -0.1) is 0 Å². The monoisotopic (exact) mass is 298 g/mol. The molecule has 0 saturated heterocycles. The molecule has 0 bridgehead atoms.